The molecule has 0 aliphatic heterocycles. The Bertz CT molecular complexity index is 788. The number of nitrogens with zero attached hydrogens (tertiary/aromatic N) is 2. The van der Waals surface area contributed by atoms with E-state index in [1.165, 1.54) is 4.90 Å². The molecule has 8 heteroatoms. The molecule has 0 radical (unpaired) electrons. The molecule has 1 aromatic heterocycles. The number of carboxylic acids is 1. The first-order valence-electron chi connectivity index (χ1n) is 8.12. The average Bonchev–Trinajstić information content (AvgIpc) is 2.97. The fraction of sp³-hybridized carbons (Fsp3) is 0.389. The molecule has 0 spiro atoms. The lowest BCUT2D eigenvalue weighted by molar-refractivity contribution is -0.137. The van der Waals surface area contributed by atoms with E-state index in [-0.39, 0.29) is 25.0 Å². The number of hydrogen-bond donors (Lipinski definition) is 1. The molecule has 0 saturated heterocycles. The molecule has 26 heavy (non-hydrogen) atoms. The van der Waals surface area contributed by atoms with Crippen LogP contribution in [0.4, 0.5) is 0 Å². The largest absolute Gasteiger partial charge is 0.484 e. The van der Waals surface area contributed by atoms with Crippen molar-refractivity contribution >= 4 is 27.8 Å². The van der Waals surface area contributed by atoms with Gasteiger partial charge in [0.2, 0.25) is 0 Å². The molecular weight excluding hydrogens is 404 g/mol. The highest BCUT2D eigenvalue weighted by atomic mass is 79.9. The molecule has 0 aliphatic rings. The van der Waals surface area contributed by atoms with Gasteiger partial charge >= 0.3 is 5.97 Å². The zero-order valence-electron chi connectivity index (χ0n) is 14.9. The molecule has 0 unspecified atom stereocenters. The lowest BCUT2D eigenvalue weighted by Gasteiger charge is -2.23. The van der Waals surface area contributed by atoms with Crippen molar-refractivity contribution in [3.63, 3.8) is 0 Å². The van der Waals surface area contributed by atoms with Gasteiger partial charge < -0.3 is 19.3 Å². The molecule has 0 saturated carbocycles. The maximum absolute atomic E-state index is 12.6. The van der Waals surface area contributed by atoms with Crippen LogP contribution in [-0.2, 0) is 11.4 Å². The second-order valence-corrected chi connectivity index (χ2v) is 7.20. The molecule has 1 amide bonds. The molecule has 7 nitrogen and oxygen atoms in total. The fourth-order valence-corrected chi connectivity index (χ4v) is 2.88. The van der Waals surface area contributed by atoms with Gasteiger partial charge in [0, 0.05) is 18.2 Å². The van der Waals surface area contributed by atoms with Crippen LogP contribution in [0.5, 0.6) is 5.75 Å². The van der Waals surface area contributed by atoms with Crippen molar-refractivity contribution in [3.05, 3.63) is 45.8 Å². The first kappa shape index (κ1) is 20.0. The maximum atomic E-state index is 12.6. The van der Waals surface area contributed by atoms with Gasteiger partial charge in [0.1, 0.15) is 18.9 Å². The summed E-state index contributed by atoms with van der Waals surface area (Å²) in [4.78, 5) is 25.0. The SMILES string of the molecule is Cc1cc(COc2ccc(C(=O)N(CC(=O)O)CC(C)C)cc2Br)on1. The van der Waals surface area contributed by atoms with Crippen molar-refractivity contribution < 1.29 is 24.0 Å². The minimum absolute atomic E-state index is 0.162. The molecule has 2 rings (SSSR count). The summed E-state index contributed by atoms with van der Waals surface area (Å²) in [6.45, 7) is 5.93. The van der Waals surface area contributed by atoms with Crippen molar-refractivity contribution in [3.8, 4) is 5.75 Å². The van der Waals surface area contributed by atoms with Crippen molar-refractivity contribution in [2.75, 3.05) is 13.1 Å². The summed E-state index contributed by atoms with van der Waals surface area (Å²) >= 11 is 3.39. The summed E-state index contributed by atoms with van der Waals surface area (Å²) in [5, 5.41) is 12.8. The average molecular weight is 425 g/mol. The van der Waals surface area contributed by atoms with Gasteiger partial charge in [0.15, 0.2) is 5.76 Å². The zero-order chi connectivity index (χ0) is 19.3. The number of aryl methyl sites for hydroxylation is 1. The van der Waals surface area contributed by atoms with E-state index < -0.39 is 5.97 Å². The van der Waals surface area contributed by atoms with Crippen LogP contribution >= 0.6 is 15.9 Å². The number of carboxylic acid groups (broad SMARTS) is 1. The number of ether oxygens (including phenoxy) is 1. The second-order valence-electron chi connectivity index (χ2n) is 6.34. The standard InChI is InChI=1S/C18H21BrN2O5/c1-11(2)8-21(9-17(22)23)18(24)13-4-5-16(15(19)7-13)25-10-14-6-12(3)20-26-14/h4-7,11H,8-10H2,1-3H3,(H,22,23). The summed E-state index contributed by atoms with van der Waals surface area (Å²) in [6.07, 6.45) is 0. The van der Waals surface area contributed by atoms with Crippen LogP contribution in [-0.4, -0.2) is 40.1 Å². The summed E-state index contributed by atoms with van der Waals surface area (Å²) in [6, 6.07) is 6.68. The molecule has 1 N–H and O–H groups in total. The molecule has 0 atom stereocenters. The van der Waals surface area contributed by atoms with Crippen molar-refractivity contribution in [1.29, 1.82) is 0 Å². The Morgan fingerprint density at radius 1 is 1.35 bits per heavy atom. The minimum Gasteiger partial charge on any atom is -0.484 e. The van der Waals surface area contributed by atoms with E-state index in [9.17, 15) is 9.59 Å². The first-order valence-corrected chi connectivity index (χ1v) is 8.91. The van der Waals surface area contributed by atoms with Gasteiger partial charge in [-0.05, 0) is 47.0 Å². The number of carbonyl (C=O) groups excluding carboxylic acids is 1. The van der Waals surface area contributed by atoms with Crippen LogP contribution in [0.3, 0.4) is 0 Å². The van der Waals surface area contributed by atoms with Gasteiger partial charge in [-0.2, -0.15) is 0 Å². The van der Waals surface area contributed by atoms with Gasteiger partial charge in [-0.25, -0.2) is 0 Å². The van der Waals surface area contributed by atoms with Crippen molar-refractivity contribution in [2.45, 2.75) is 27.4 Å². The summed E-state index contributed by atoms with van der Waals surface area (Å²) in [5.74, 6) is -0.0716. The van der Waals surface area contributed by atoms with Gasteiger partial charge in [-0.1, -0.05) is 19.0 Å². The highest BCUT2D eigenvalue weighted by Crippen LogP contribution is 2.27. The van der Waals surface area contributed by atoms with Gasteiger partial charge in [-0.3, -0.25) is 9.59 Å². The Morgan fingerprint density at radius 3 is 2.62 bits per heavy atom. The van der Waals surface area contributed by atoms with E-state index in [0.29, 0.717) is 28.1 Å². The van der Waals surface area contributed by atoms with E-state index in [1.807, 2.05) is 20.8 Å². The predicted octanol–water partition coefficient (Wildman–Crippen LogP) is 3.51. The van der Waals surface area contributed by atoms with Crippen LogP contribution in [0.15, 0.2) is 33.3 Å². The molecule has 0 fully saturated rings. The monoisotopic (exact) mass is 424 g/mol. The molecule has 2 aromatic rings. The molecular formula is C18H21BrN2O5. The third-order valence-electron chi connectivity index (χ3n) is 3.42. The number of aromatic nitrogens is 1. The number of aliphatic carboxylic acids is 1. The lowest BCUT2D eigenvalue weighted by atomic mass is 10.1. The molecule has 140 valence electrons. The Kier molecular flexibility index (Phi) is 6.79. The second kappa shape index (κ2) is 8.84. The summed E-state index contributed by atoms with van der Waals surface area (Å²) in [5.41, 5.74) is 1.16. The summed E-state index contributed by atoms with van der Waals surface area (Å²) < 4.78 is 11.3. The molecule has 1 heterocycles. The number of amides is 1. The Balaban J connectivity index is 2.10. The number of halogens is 1. The van der Waals surface area contributed by atoms with Crippen molar-refractivity contribution in [1.82, 2.24) is 10.1 Å². The smallest absolute Gasteiger partial charge is 0.323 e. The van der Waals surface area contributed by atoms with Crippen LogP contribution < -0.4 is 4.74 Å². The quantitative estimate of drug-likeness (QED) is 0.696. The highest BCUT2D eigenvalue weighted by molar-refractivity contribution is 9.10. The van der Waals surface area contributed by atoms with Gasteiger partial charge in [0.05, 0.1) is 10.2 Å². The van der Waals surface area contributed by atoms with Crippen LogP contribution in [0.2, 0.25) is 0 Å². The maximum Gasteiger partial charge on any atom is 0.323 e. The van der Waals surface area contributed by atoms with E-state index in [1.54, 1.807) is 24.3 Å². The number of carbonyl (C=O) groups is 2. The van der Waals surface area contributed by atoms with E-state index >= 15 is 0 Å². The van der Waals surface area contributed by atoms with Gasteiger partial charge in [-0.15, -0.1) is 0 Å². The molecule has 0 bridgehead atoms. The number of hydrogen-bond acceptors (Lipinski definition) is 5. The van der Waals surface area contributed by atoms with Crippen LogP contribution in [0, 0.1) is 12.8 Å². The lowest BCUT2D eigenvalue weighted by Crippen LogP contribution is -2.38. The third kappa shape index (κ3) is 5.59. The molecule has 1 aromatic carbocycles. The van der Waals surface area contributed by atoms with Gasteiger partial charge in [0.25, 0.3) is 5.91 Å². The molecule has 0 aliphatic carbocycles. The fourth-order valence-electron chi connectivity index (χ4n) is 2.39. The predicted molar refractivity (Wildman–Crippen MR) is 98.1 cm³/mol. The number of benzene rings is 1. The third-order valence-corrected chi connectivity index (χ3v) is 4.04. The highest BCUT2D eigenvalue weighted by Gasteiger charge is 2.20. The summed E-state index contributed by atoms with van der Waals surface area (Å²) in [7, 11) is 0. The zero-order valence-corrected chi connectivity index (χ0v) is 16.4. The van der Waals surface area contributed by atoms with E-state index in [2.05, 4.69) is 21.1 Å². The normalized spacial score (nSPS) is 10.8. The van der Waals surface area contributed by atoms with E-state index in [4.69, 9.17) is 14.4 Å². The van der Waals surface area contributed by atoms with Crippen LogP contribution in [0.25, 0.3) is 0 Å². The first-order chi connectivity index (χ1) is 12.3. The Morgan fingerprint density at radius 2 is 2.08 bits per heavy atom. The minimum atomic E-state index is -1.04. The van der Waals surface area contributed by atoms with Crippen LogP contribution in [0.1, 0.15) is 35.7 Å². The topological polar surface area (TPSA) is 92.9 Å². The van der Waals surface area contributed by atoms with E-state index in [0.717, 1.165) is 5.69 Å². The van der Waals surface area contributed by atoms with Crippen molar-refractivity contribution in [2.24, 2.45) is 5.92 Å². The Hall–Kier alpha value is -2.35. The Labute approximate surface area is 160 Å². The number of rotatable bonds is 8.